The van der Waals surface area contributed by atoms with E-state index >= 15 is 0 Å². The van der Waals surface area contributed by atoms with Crippen LogP contribution in [0, 0.1) is 20.8 Å². The van der Waals surface area contributed by atoms with Crippen molar-refractivity contribution in [1.29, 1.82) is 0 Å². The minimum Gasteiger partial charge on any atom is -0.325 e. The lowest BCUT2D eigenvalue weighted by molar-refractivity contribution is -0.114. The first-order valence-corrected chi connectivity index (χ1v) is 14.4. The number of nitrogens with one attached hydrogen (secondary N) is 1. The molecule has 6 nitrogen and oxygen atoms in total. The van der Waals surface area contributed by atoms with E-state index in [0.717, 1.165) is 31.9 Å². The summed E-state index contributed by atoms with van der Waals surface area (Å²) >= 11 is 1.62. The second kappa shape index (κ2) is 10.4. The molecule has 0 saturated carbocycles. The average Bonchev–Trinajstić information content (AvgIpc) is 3.33. The molecule has 0 aliphatic heterocycles. The molecule has 38 heavy (non-hydrogen) atoms. The number of carbonyl (C=O) groups is 1. The number of benzene rings is 4. The number of aromatic nitrogens is 1. The Morgan fingerprint density at radius 2 is 1.55 bits per heavy atom. The Labute approximate surface area is 226 Å². The van der Waals surface area contributed by atoms with E-state index in [0.29, 0.717) is 11.4 Å². The smallest absolute Gasteiger partial charge is 0.264 e. The number of carbonyl (C=O) groups excluding carboxylic acids is 1. The fraction of sp³-hybridized carbons (Fsp3) is 0.133. The number of nitrogens with zero attached hydrogens (tertiary/aromatic N) is 2. The normalized spacial score (nSPS) is 11.4. The summed E-state index contributed by atoms with van der Waals surface area (Å²) in [6.07, 6.45) is 0. The van der Waals surface area contributed by atoms with Crippen molar-refractivity contribution in [3.8, 4) is 10.6 Å². The zero-order valence-corrected chi connectivity index (χ0v) is 22.9. The maximum atomic E-state index is 13.6. The summed E-state index contributed by atoms with van der Waals surface area (Å²) < 4.78 is 29.5. The maximum Gasteiger partial charge on any atom is 0.264 e. The summed E-state index contributed by atoms with van der Waals surface area (Å²) in [7, 11) is -3.97. The summed E-state index contributed by atoms with van der Waals surface area (Å²) in [5.74, 6) is -0.436. The van der Waals surface area contributed by atoms with Crippen LogP contribution < -0.4 is 9.62 Å². The van der Waals surface area contributed by atoms with Crippen LogP contribution in [0.15, 0.2) is 95.9 Å². The molecule has 8 heteroatoms. The third-order valence-corrected chi connectivity index (χ3v) is 9.05. The molecule has 192 valence electrons. The molecule has 5 rings (SSSR count). The standard InChI is InChI=1S/C30H27N3O3S2/c1-20-9-11-22(3)27(17-20)33(38(35,36)25-7-5-4-6-8-25)19-29(34)31-24-14-12-23(13-15-24)30-32-26-16-10-21(2)18-28(26)37-30/h4-18H,19H2,1-3H3,(H,31,34). The average molecular weight is 542 g/mol. The van der Waals surface area contributed by atoms with Crippen LogP contribution in [0.2, 0.25) is 0 Å². The largest absolute Gasteiger partial charge is 0.325 e. The summed E-state index contributed by atoms with van der Waals surface area (Å²) in [5.41, 5.74) is 5.82. The number of fused-ring (bicyclic) bond motifs is 1. The lowest BCUT2D eigenvalue weighted by Crippen LogP contribution is -2.38. The van der Waals surface area contributed by atoms with E-state index in [-0.39, 0.29) is 11.4 Å². The van der Waals surface area contributed by atoms with Crippen molar-refractivity contribution in [1.82, 2.24) is 4.98 Å². The van der Waals surface area contributed by atoms with Gasteiger partial charge in [-0.15, -0.1) is 11.3 Å². The van der Waals surface area contributed by atoms with Gasteiger partial charge < -0.3 is 5.32 Å². The molecule has 0 unspecified atom stereocenters. The van der Waals surface area contributed by atoms with Crippen molar-refractivity contribution >= 4 is 48.9 Å². The van der Waals surface area contributed by atoms with Crippen LogP contribution in [0.25, 0.3) is 20.8 Å². The van der Waals surface area contributed by atoms with Crippen LogP contribution in [0.1, 0.15) is 16.7 Å². The molecule has 0 aliphatic carbocycles. The van der Waals surface area contributed by atoms with E-state index in [1.807, 2.05) is 50.2 Å². The Kier molecular flexibility index (Phi) is 7.01. The number of hydrogen-bond donors (Lipinski definition) is 1. The highest BCUT2D eigenvalue weighted by molar-refractivity contribution is 7.92. The van der Waals surface area contributed by atoms with Gasteiger partial charge in [0.2, 0.25) is 5.91 Å². The van der Waals surface area contributed by atoms with E-state index in [1.54, 1.807) is 47.7 Å². The Bertz CT molecular complexity index is 1730. The number of hydrogen-bond acceptors (Lipinski definition) is 5. The van der Waals surface area contributed by atoms with Crippen molar-refractivity contribution in [3.05, 3.63) is 108 Å². The Hall–Kier alpha value is -4.01. The van der Waals surface area contributed by atoms with Crippen LogP contribution in [0.5, 0.6) is 0 Å². The van der Waals surface area contributed by atoms with Gasteiger partial charge in [0.05, 0.1) is 20.8 Å². The first kappa shape index (κ1) is 25.6. The lowest BCUT2D eigenvalue weighted by Gasteiger charge is -2.26. The van der Waals surface area contributed by atoms with E-state index in [2.05, 4.69) is 18.3 Å². The van der Waals surface area contributed by atoms with Crippen LogP contribution in [-0.2, 0) is 14.8 Å². The molecule has 0 bridgehead atoms. The number of anilines is 2. The quantitative estimate of drug-likeness (QED) is 0.248. The first-order valence-electron chi connectivity index (χ1n) is 12.1. The Balaban J connectivity index is 1.39. The molecule has 0 fully saturated rings. The third-order valence-electron chi connectivity index (χ3n) is 6.21. The SMILES string of the molecule is Cc1ccc(C)c(N(CC(=O)Nc2ccc(-c3nc4ccc(C)cc4s3)cc2)S(=O)(=O)c2ccccc2)c1. The molecular formula is C30H27N3O3S2. The molecule has 0 atom stereocenters. The minimum atomic E-state index is -3.97. The highest BCUT2D eigenvalue weighted by atomic mass is 32.2. The fourth-order valence-corrected chi connectivity index (χ4v) is 6.76. The summed E-state index contributed by atoms with van der Waals surface area (Å²) in [5, 5.41) is 3.75. The van der Waals surface area contributed by atoms with Gasteiger partial charge in [0.1, 0.15) is 11.6 Å². The Morgan fingerprint density at radius 3 is 2.29 bits per heavy atom. The molecule has 4 aromatic carbocycles. The fourth-order valence-electron chi connectivity index (χ4n) is 4.19. The molecule has 1 amide bonds. The molecule has 0 aliphatic rings. The van der Waals surface area contributed by atoms with Crippen molar-refractivity contribution in [3.63, 3.8) is 0 Å². The molecule has 1 heterocycles. The second-order valence-corrected chi connectivity index (χ2v) is 12.1. The Morgan fingerprint density at radius 1 is 0.868 bits per heavy atom. The molecule has 5 aromatic rings. The highest BCUT2D eigenvalue weighted by Gasteiger charge is 2.28. The van der Waals surface area contributed by atoms with Crippen LogP contribution in [0.4, 0.5) is 11.4 Å². The van der Waals surface area contributed by atoms with Crippen LogP contribution >= 0.6 is 11.3 Å². The minimum absolute atomic E-state index is 0.129. The number of rotatable bonds is 7. The van der Waals surface area contributed by atoms with Crippen molar-refractivity contribution in [2.75, 3.05) is 16.2 Å². The van der Waals surface area contributed by atoms with Gasteiger partial charge in [-0.3, -0.25) is 9.10 Å². The highest BCUT2D eigenvalue weighted by Crippen LogP contribution is 2.32. The molecule has 1 aromatic heterocycles. The van der Waals surface area contributed by atoms with Crippen LogP contribution in [-0.4, -0.2) is 25.9 Å². The van der Waals surface area contributed by atoms with Gasteiger partial charge in [-0.05, 0) is 92.1 Å². The predicted molar refractivity (Wildman–Crippen MR) is 155 cm³/mol. The van der Waals surface area contributed by atoms with Crippen molar-refractivity contribution in [2.45, 2.75) is 25.7 Å². The van der Waals surface area contributed by atoms with Gasteiger partial charge >= 0.3 is 0 Å². The van der Waals surface area contributed by atoms with Gasteiger partial charge in [0.25, 0.3) is 10.0 Å². The first-order chi connectivity index (χ1) is 18.2. The molecular weight excluding hydrogens is 514 g/mol. The van der Waals surface area contributed by atoms with Crippen molar-refractivity contribution < 1.29 is 13.2 Å². The predicted octanol–water partition coefficient (Wildman–Crippen LogP) is 6.72. The van der Waals surface area contributed by atoms with Gasteiger partial charge in [0, 0.05) is 11.3 Å². The molecule has 1 N–H and O–H groups in total. The zero-order valence-electron chi connectivity index (χ0n) is 21.3. The lowest BCUT2D eigenvalue weighted by atomic mass is 10.1. The summed E-state index contributed by atoms with van der Waals surface area (Å²) in [6, 6.07) is 27.3. The number of sulfonamides is 1. The molecule has 0 spiro atoms. The van der Waals surface area contributed by atoms with E-state index in [9.17, 15) is 13.2 Å². The zero-order chi connectivity index (χ0) is 26.9. The van der Waals surface area contributed by atoms with E-state index in [1.165, 1.54) is 22.0 Å². The summed E-state index contributed by atoms with van der Waals surface area (Å²) in [6.45, 7) is 5.43. The van der Waals surface area contributed by atoms with E-state index < -0.39 is 15.9 Å². The molecule has 0 radical (unpaired) electrons. The van der Waals surface area contributed by atoms with E-state index in [4.69, 9.17) is 4.98 Å². The number of thiazole rings is 1. The van der Waals surface area contributed by atoms with Crippen LogP contribution in [0.3, 0.4) is 0 Å². The molecule has 0 saturated heterocycles. The van der Waals surface area contributed by atoms with Gasteiger partial charge in [-0.1, -0.05) is 36.4 Å². The number of amides is 1. The van der Waals surface area contributed by atoms with Gasteiger partial charge in [-0.25, -0.2) is 13.4 Å². The van der Waals surface area contributed by atoms with Gasteiger partial charge in [-0.2, -0.15) is 0 Å². The topological polar surface area (TPSA) is 79.4 Å². The van der Waals surface area contributed by atoms with Crippen molar-refractivity contribution in [2.24, 2.45) is 0 Å². The maximum absolute atomic E-state index is 13.6. The monoisotopic (exact) mass is 541 g/mol. The summed E-state index contributed by atoms with van der Waals surface area (Å²) in [4.78, 5) is 18.0. The number of aryl methyl sites for hydroxylation is 3. The second-order valence-electron chi connectivity index (χ2n) is 9.23. The van der Waals surface area contributed by atoms with Gasteiger partial charge in [0.15, 0.2) is 0 Å². The third kappa shape index (κ3) is 5.32.